The molecule has 2 rings (SSSR count). The highest BCUT2D eigenvalue weighted by Crippen LogP contribution is 2.29. The molecule has 0 aromatic heterocycles. The molecule has 1 heterocycles. The highest BCUT2D eigenvalue weighted by atomic mass is 16.5. The number of terminal acetylenes is 1. The van der Waals surface area contributed by atoms with E-state index in [0.29, 0.717) is 13.1 Å². The van der Waals surface area contributed by atoms with Crippen molar-refractivity contribution in [2.75, 3.05) is 19.7 Å². The molecular formula is C13H15NO2. The van der Waals surface area contributed by atoms with E-state index in [1.54, 1.807) is 0 Å². The molecule has 0 bridgehead atoms. The van der Waals surface area contributed by atoms with Gasteiger partial charge in [0.05, 0.1) is 19.3 Å². The first-order chi connectivity index (χ1) is 7.85. The predicted octanol–water partition coefficient (Wildman–Crippen LogP) is 1.01. The molecule has 2 atom stereocenters. The first-order valence-corrected chi connectivity index (χ1v) is 5.34. The van der Waals surface area contributed by atoms with Gasteiger partial charge in [-0.2, -0.15) is 0 Å². The van der Waals surface area contributed by atoms with Crippen LogP contribution in [0.15, 0.2) is 30.3 Å². The van der Waals surface area contributed by atoms with Crippen LogP contribution in [0.1, 0.15) is 11.8 Å². The molecule has 0 unspecified atom stereocenters. The van der Waals surface area contributed by atoms with Crippen LogP contribution >= 0.6 is 0 Å². The molecule has 3 nitrogen and oxygen atoms in total. The topological polar surface area (TPSA) is 32.7 Å². The van der Waals surface area contributed by atoms with Crippen LogP contribution in [0.2, 0.25) is 0 Å². The summed E-state index contributed by atoms with van der Waals surface area (Å²) in [7, 11) is 0. The fourth-order valence-electron chi connectivity index (χ4n) is 1.94. The first kappa shape index (κ1) is 11.2. The molecule has 0 aliphatic carbocycles. The SMILES string of the molecule is C#CCN1C[C@@H](CO)O[C@H]1c1ccccc1. The van der Waals surface area contributed by atoms with Crippen molar-refractivity contribution in [1.29, 1.82) is 0 Å². The third kappa shape index (κ3) is 2.25. The Kier molecular flexibility index (Phi) is 3.58. The Hall–Kier alpha value is -1.34. The molecular weight excluding hydrogens is 202 g/mol. The first-order valence-electron chi connectivity index (χ1n) is 5.34. The second kappa shape index (κ2) is 5.13. The van der Waals surface area contributed by atoms with Gasteiger partial charge >= 0.3 is 0 Å². The maximum absolute atomic E-state index is 9.11. The smallest absolute Gasteiger partial charge is 0.138 e. The van der Waals surface area contributed by atoms with Crippen LogP contribution in [0, 0.1) is 12.3 Å². The van der Waals surface area contributed by atoms with Gasteiger partial charge in [-0.25, -0.2) is 0 Å². The average Bonchev–Trinajstić information content (AvgIpc) is 2.74. The third-order valence-electron chi connectivity index (χ3n) is 2.67. The van der Waals surface area contributed by atoms with Crippen LogP contribution in [0.4, 0.5) is 0 Å². The largest absolute Gasteiger partial charge is 0.394 e. The van der Waals surface area contributed by atoms with Gasteiger partial charge in [0.1, 0.15) is 6.23 Å². The van der Waals surface area contributed by atoms with Crippen LogP contribution < -0.4 is 0 Å². The van der Waals surface area contributed by atoms with Gasteiger partial charge in [-0.1, -0.05) is 36.3 Å². The van der Waals surface area contributed by atoms with Crippen LogP contribution in [0.5, 0.6) is 0 Å². The third-order valence-corrected chi connectivity index (χ3v) is 2.67. The second-order valence-corrected chi connectivity index (χ2v) is 3.84. The van der Waals surface area contributed by atoms with E-state index in [1.165, 1.54) is 0 Å². The number of rotatable bonds is 3. The minimum Gasteiger partial charge on any atom is -0.394 e. The summed E-state index contributed by atoms with van der Waals surface area (Å²) in [5, 5.41) is 9.11. The van der Waals surface area contributed by atoms with E-state index in [2.05, 4.69) is 10.8 Å². The lowest BCUT2D eigenvalue weighted by molar-refractivity contribution is -0.0166. The van der Waals surface area contributed by atoms with Crippen LogP contribution in [-0.4, -0.2) is 35.8 Å². The van der Waals surface area contributed by atoms with E-state index in [1.807, 2.05) is 30.3 Å². The molecule has 0 saturated carbocycles. The van der Waals surface area contributed by atoms with Gasteiger partial charge in [0.25, 0.3) is 0 Å². The zero-order chi connectivity index (χ0) is 11.4. The minimum atomic E-state index is -0.140. The van der Waals surface area contributed by atoms with Crippen molar-refractivity contribution < 1.29 is 9.84 Å². The fraction of sp³-hybridized carbons (Fsp3) is 0.385. The molecule has 1 aromatic carbocycles. The number of hydrogen-bond donors (Lipinski definition) is 1. The van der Waals surface area contributed by atoms with E-state index in [4.69, 9.17) is 16.3 Å². The van der Waals surface area contributed by atoms with Gasteiger partial charge in [0.15, 0.2) is 0 Å². The number of hydrogen-bond acceptors (Lipinski definition) is 3. The van der Waals surface area contributed by atoms with Crippen molar-refractivity contribution in [3.05, 3.63) is 35.9 Å². The van der Waals surface area contributed by atoms with Crippen LogP contribution in [0.3, 0.4) is 0 Å². The zero-order valence-corrected chi connectivity index (χ0v) is 9.04. The quantitative estimate of drug-likeness (QED) is 0.767. The Morgan fingerprint density at radius 1 is 1.44 bits per heavy atom. The highest BCUT2D eigenvalue weighted by molar-refractivity contribution is 5.18. The van der Waals surface area contributed by atoms with E-state index >= 15 is 0 Å². The van der Waals surface area contributed by atoms with Gasteiger partial charge in [-0.15, -0.1) is 6.42 Å². The molecule has 0 amide bonds. The molecule has 1 aliphatic rings. The lowest BCUT2D eigenvalue weighted by atomic mass is 10.2. The molecule has 1 fully saturated rings. The lowest BCUT2D eigenvalue weighted by Crippen LogP contribution is -2.25. The summed E-state index contributed by atoms with van der Waals surface area (Å²) in [6.07, 6.45) is 5.06. The van der Waals surface area contributed by atoms with E-state index in [-0.39, 0.29) is 18.9 Å². The van der Waals surface area contributed by atoms with Crippen molar-refractivity contribution in [3.8, 4) is 12.3 Å². The maximum Gasteiger partial charge on any atom is 0.138 e. The summed E-state index contributed by atoms with van der Waals surface area (Å²) in [5.74, 6) is 2.62. The van der Waals surface area contributed by atoms with E-state index < -0.39 is 0 Å². The van der Waals surface area contributed by atoms with Gasteiger partial charge in [-0.05, 0) is 5.56 Å². The standard InChI is InChI=1S/C13H15NO2/c1-2-8-14-9-12(10-15)16-13(14)11-6-4-3-5-7-11/h1,3-7,12-13,15H,8-10H2/t12-,13-/m0/s1. The highest BCUT2D eigenvalue weighted by Gasteiger charge is 2.32. The van der Waals surface area contributed by atoms with Gasteiger partial charge in [-0.3, -0.25) is 4.90 Å². The van der Waals surface area contributed by atoms with Crippen molar-refractivity contribution in [3.63, 3.8) is 0 Å². The van der Waals surface area contributed by atoms with E-state index in [0.717, 1.165) is 5.56 Å². The van der Waals surface area contributed by atoms with Crippen molar-refractivity contribution in [2.45, 2.75) is 12.3 Å². The fourth-order valence-corrected chi connectivity index (χ4v) is 1.94. The normalized spacial score (nSPS) is 25.5. The molecule has 16 heavy (non-hydrogen) atoms. The summed E-state index contributed by atoms with van der Waals surface area (Å²) >= 11 is 0. The molecule has 84 valence electrons. The average molecular weight is 217 g/mol. The molecule has 1 N–H and O–H groups in total. The Morgan fingerprint density at radius 3 is 2.81 bits per heavy atom. The van der Waals surface area contributed by atoms with Gasteiger partial charge in [0.2, 0.25) is 0 Å². The van der Waals surface area contributed by atoms with Crippen molar-refractivity contribution in [1.82, 2.24) is 4.90 Å². The molecule has 0 spiro atoms. The Balaban J connectivity index is 2.16. The molecule has 1 aromatic rings. The zero-order valence-electron chi connectivity index (χ0n) is 9.04. The Morgan fingerprint density at radius 2 is 2.19 bits per heavy atom. The summed E-state index contributed by atoms with van der Waals surface area (Å²) in [5.41, 5.74) is 1.08. The van der Waals surface area contributed by atoms with Gasteiger partial charge < -0.3 is 9.84 Å². The summed E-state index contributed by atoms with van der Waals surface area (Å²) < 4.78 is 5.74. The summed E-state index contributed by atoms with van der Waals surface area (Å²) in [4.78, 5) is 2.05. The molecule has 3 heteroatoms. The van der Waals surface area contributed by atoms with Gasteiger partial charge in [0, 0.05) is 6.54 Å². The lowest BCUT2D eigenvalue weighted by Gasteiger charge is -2.20. The van der Waals surface area contributed by atoms with Crippen molar-refractivity contribution >= 4 is 0 Å². The van der Waals surface area contributed by atoms with E-state index in [9.17, 15) is 0 Å². The molecule has 1 aliphatic heterocycles. The second-order valence-electron chi connectivity index (χ2n) is 3.84. The number of nitrogens with zero attached hydrogens (tertiary/aromatic N) is 1. The number of aliphatic hydroxyl groups excluding tert-OH is 1. The summed E-state index contributed by atoms with van der Waals surface area (Å²) in [6.45, 7) is 1.25. The Bertz CT molecular complexity index is 371. The predicted molar refractivity (Wildman–Crippen MR) is 61.5 cm³/mol. The number of ether oxygens (including phenoxy) is 1. The monoisotopic (exact) mass is 217 g/mol. The Labute approximate surface area is 95.6 Å². The van der Waals surface area contributed by atoms with Crippen LogP contribution in [-0.2, 0) is 4.74 Å². The van der Waals surface area contributed by atoms with Crippen LogP contribution in [0.25, 0.3) is 0 Å². The minimum absolute atomic E-state index is 0.0321. The maximum atomic E-state index is 9.11. The molecule has 1 saturated heterocycles. The molecule has 0 radical (unpaired) electrons. The van der Waals surface area contributed by atoms with Crippen molar-refractivity contribution in [2.24, 2.45) is 0 Å². The summed E-state index contributed by atoms with van der Waals surface area (Å²) in [6, 6.07) is 9.92. The number of benzene rings is 1. The number of aliphatic hydroxyl groups is 1.